The summed E-state index contributed by atoms with van der Waals surface area (Å²) >= 11 is 0. The van der Waals surface area contributed by atoms with Gasteiger partial charge in [-0.25, -0.2) is 9.13 Å². The van der Waals surface area contributed by atoms with Crippen LogP contribution >= 0.6 is 0 Å². The first kappa shape index (κ1) is 16.6. The number of imidazole rings is 1. The van der Waals surface area contributed by atoms with Gasteiger partial charge in [-0.3, -0.25) is 9.59 Å². The van der Waals surface area contributed by atoms with E-state index in [0.717, 1.165) is 18.9 Å². The molecule has 0 saturated carbocycles. The number of hydrogen-bond donors (Lipinski definition) is 0. The van der Waals surface area contributed by atoms with E-state index in [1.807, 2.05) is 28.2 Å². The van der Waals surface area contributed by atoms with Crippen molar-refractivity contribution in [1.29, 1.82) is 0 Å². The summed E-state index contributed by atoms with van der Waals surface area (Å²) in [6, 6.07) is 7.15. The number of carbonyl (C=O) groups excluding carboxylic acids is 2. The van der Waals surface area contributed by atoms with E-state index in [-0.39, 0.29) is 11.6 Å². The van der Waals surface area contributed by atoms with E-state index in [1.165, 1.54) is 0 Å². The van der Waals surface area contributed by atoms with Gasteiger partial charge in [-0.15, -0.1) is 0 Å². The summed E-state index contributed by atoms with van der Waals surface area (Å²) in [6.07, 6.45) is 0. The highest BCUT2D eigenvalue weighted by molar-refractivity contribution is 6.26. The molecular formula is C20H25N2O2+. The van der Waals surface area contributed by atoms with Crippen LogP contribution in [-0.4, -0.2) is 16.1 Å². The lowest BCUT2D eigenvalue weighted by molar-refractivity contribution is -0.709. The molecule has 1 aliphatic rings. The molecule has 3 rings (SSSR count). The zero-order valence-electron chi connectivity index (χ0n) is 15.1. The van der Waals surface area contributed by atoms with Gasteiger partial charge >= 0.3 is 0 Å². The Balaban J connectivity index is 2.29. The highest BCUT2D eigenvalue weighted by Crippen LogP contribution is 2.27. The van der Waals surface area contributed by atoms with Crippen molar-refractivity contribution >= 4 is 11.6 Å². The lowest BCUT2D eigenvalue weighted by Crippen LogP contribution is -2.44. The molecular weight excluding hydrogens is 300 g/mol. The van der Waals surface area contributed by atoms with E-state index in [9.17, 15) is 9.59 Å². The molecule has 4 nitrogen and oxygen atoms in total. The smallest absolute Gasteiger partial charge is 0.254 e. The Labute approximate surface area is 143 Å². The zero-order chi connectivity index (χ0) is 17.6. The molecule has 0 fully saturated rings. The summed E-state index contributed by atoms with van der Waals surface area (Å²) in [5.41, 5.74) is 2.17. The molecule has 0 aliphatic heterocycles. The first-order chi connectivity index (χ1) is 11.3. The first-order valence-corrected chi connectivity index (χ1v) is 8.64. The molecule has 0 unspecified atom stereocenters. The second-order valence-electron chi connectivity index (χ2n) is 7.46. The van der Waals surface area contributed by atoms with Crippen LogP contribution in [0.1, 0.15) is 65.6 Å². The molecule has 1 aromatic heterocycles. The fourth-order valence-electron chi connectivity index (χ4n) is 3.50. The Kier molecular flexibility index (Phi) is 4.16. The average Bonchev–Trinajstić information content (AvgIpc) is 2.78. The molecule has 126 valence electrons. The van der Waals surface area contributed by atoms with Gasteiger partial charge in [-0.05, 0) is 11.8 Å². The number of nitrogens with zero attached hydrogens (tertiary/aromatic N) is 2. The van der Waals surface area contributed by atoms with Gasteiger partial charge in [0.2, 0.25) is 23.0 Å². The number of fused-ring (bicyclic) bond motifs is 2. The van der Waals surface area contributed by atoms with Crippen LogP contribution in [0.2, 0.25) is 0 Å². The van der Waals surface area contributed by atoms with Gasteiger partial charge in [0, 0.05) is 18.1 Å². The second-order valence-corrected chi connectivity index (χ2v) is 7.46. The predicted octanol–water partition coefficient (Wildman–Crippen LogP) is 3.17. The molecule has 2 aromatic rings. The van der Waals surface area contributed by atoms with Crippen LogP contribution < -0.4 is 4.57 Å². The van der Waals surface area contributed by atoms with E-state index in [1.54, 1.807) is 12.1 Å². The Morgan fingerprint density at radius 1 is 0.958 bits per heavy atom. The molecule has 0 amide bonds. The molecule has 0 spiro atoms. The van der Waals surface area contributed by atoms with Crippen molar-refractivity contribution < 1.29 is 14.2 Å². The van der Waals surface area contributed by atoms with Gasteiger partial charge in [0.25, 0.3) is 5.82 Å². The van der Waals surface area contributed by atoms with Gasteiger partial charge in [0.15, 0.2) is 0 Å². The van der Waals surface area contributed by atoms with Crippen LogP contribution in [0.3, 0.4) is 0 Å². The summed E-state index contributed by atoms with van der Waals surface area (Å²) < 4.78 is 4.08. The summed E-state index contributed by atoms with van der Waals surface area (Å²) in [7, 11) is 0. The molecule has 0 bridgehead atoms. The van der Waals surface area contributed by atoms with Crippen LogP contribution in [0.15, 0.2) is 24.3 Å². The number of hydrogen-bond acceptors (Lipinski definition) is 2. The zero-order valence-corrected chi connectivity index (χ0v) is 15.1. The van der Waals surface area contributed by atoms with E-state index >= 15 is 0 Å². The van der Waals surface area contributed by atoms with Crippen molar-refractivity contribution in [2.45, 2.75) is 47.7 Å². The quantitative estimate of drug-likeness (QED) is 0.692. The maximum absolute atomic E-state index is 13.1. The molecule has 1 heterocycles. The van der Waals surface area contributed by atoms with Gasteiger partial charge in [0.05, 0.1) is 13.1 Å². The molecule has 0 N–H and O–H groups in total. The van der Waals surface area contributed by atoms with Crippen molar-refractivity contribution in [2.75, 3.05) is 0 Å². The van der Waals surface area contributed by atoms with Crippen LogP contribution in [0.5, 0.6) is 0 Å². The van der Waals surface area contributed by atoms with Gasteiger partial charge in [-0.2, -0.15) is 0 Å². The lowest BCUT2D eigenvalue weighted by atomic mass is 9.89. The van der Waals surface area contributed by atoms with Crippen LogP contribution in [-0.2, 0) is 13.1 Å². The maximum atomic E-state index is 13.1. The minimum Gasteiger partial charge on any atom is -0.284 e. The molecule has 1 aliphatic carbocycles. The molecule has 24 heavy (non-hydrogen) atoms. The number of rotatable bonds is 4. The first-order valence-electron chi connectivity index (χ1n) is 8.64. The Bertz CT molecular complexity index is 762. The normalized spacial score (nSPS) is 13.6. The van der Waals surface area contributed by atoms with Crippen LogP contribution in [0.4, 0.5) is 0 Å². The average molecular weight is 325 g/mol. The predicted molar refractivity (Wildman–Crippen MR) is 92.3 cm³/mol. The third-order valence-electron chi connectivity index (χ3n) is 4.49. The standard InChI is InChI=1S/C20H25N2O2/c1-12(2)10-21-14(5)22(11-13(3)4)18-17(21)19(23)15-8-6-7-9-16(15)20(18)24/h6-9,12-13H,10-11H2,1-5H3/q+1. The number of ketones is 2. The maximum Gasteiger partial charge on any atom is 0.254 e. The van der Waals surface area contributed by atoms with Crippen molar-refractivity contribution in [3.63, 3.8) is 0 Å². The van der Waals surface area contributed by atoms with Crippen LogP contribution in [0.25, 0.3) is 0 Å². The Hall–Kier alpha value is -2.23. The lowest BCUT2D eigenvalue weighted by Gasteiger charge is -2.13. The third kappa shape index (κ3) is 2.50. The summed E-state index contributed by atoms with van der Waals surface area (Å²) in [6.45, 7) is 12.0. The third-order valence-corrected chi connectivity index (χ3v) is 4.49. The summed E-state index contributed by atoms with van der Waals surface area (Å²) in [5, 5.41) is 0. The van der Waals surface area contributed by atoms with Crippen molar-refractivity contribution in [3.8, 4) is 0 Å². The van der Waals surface area contributed by atoms with E-state index < -0.39 is 0 Å². The summed E-state index contributed by atoms with van der Waals surface area (Å²) in [5.74, 6) is 1.70. The summed E-state index contributed by atoms with van der Waals surface area (Å²) in [4.78, 5) is 26.2. The number of benzene rings is 1. The fraction of sp³-hybridized carbons (Fsp3) is 0.450. The molecule has 0 saturated heterocycles. The van der Waals surface area contributed by atoms with Crippen molar-refractivity contribution in [2.24, 2.45) is 11.8 Å². The number of carbonyl (C=O) groups is 2. The minimum atomic E-state index is -0.0357. The molecule has 0 radical (unpaired) electrons. The number of aromatic nitrogens is 2. The highest BCUT2D eigenvalue weighted by atomic mass is 16.1. The second kappa shape index (κ2) is 6.00. The van der Waals surface area contributed by atoms with E-state index in [0.29, 0.717) is 34.4 Å². The molecule has 0 atom stereocenters. The Morgan fingerprint density at radius 3 is 2.08 bits per heavy atom. The van der Waals surface area contributed by atoms with E-state index in [4.69, 9.17) is 0 Å². The van der Waals surface area contributed by atoms with Crippen LogP contribution in [0, 0.1) is 18.8 Å². The minimum absolute atomic E-state index is 0.0357. The van der Waals surface area contributed by atoms with E-state index in [2.05, 4.69) is 27.7 Å². The van der Waals surface area contributed by atoms with Gasteiger partial charge in [0.1, 0.15) is 0 Å². The van der Waals surface area contributed by atoms with Crippen molar-refractivity contribution in [3.05, 3.63) is 52.6 Å². The topological polar surface area (TPSA) is 43.0 Å². The van der Waals surface area contributed by atoms with Gasteiger partial charge < -0.3 is 0 Å². The fourth-order valence-corrected chi connectivity index (χ4v) is 3.50. The van der Waals surface area contributed by atoms with Crippen molar-refractivity contribution in [1.82, 2.24) is 4.57 Å². The highest BCUT2D eigenvalue weighted by Gasteiger charge is 2.42. The SMILES string of the molecule is Cc1n(CC(C)C)c2c([n+]1CC(C)C)C(=O)c1ccccc1C2=O. The molecule has 4 heteroatoms. The monoisotopic (exact) mass is 325 g/mol. The van der Waals surface area contributed by atoms with Gasteiger partial charge in [-0.1, -0.05) is 52.0 Å². The largest absolute Gasteiger partial charge is 0.284 e. The molecule has 1 aromatic carbocycles. The Morgan fingerprint density at radius 2 is 1.54 bits per heavy atom.